The zero-order valence-corrected chi connectivity index (χ0v) is 22.3. The molecule has 0 aromatic heterocycles. The van der Waals surface area contributed by atoms with Gasteiger partial charge >= 0.3 is 0 Å². The molecular formula is C24H40O3Si3. The van der Waals surface area contributed by atoms with Gasteiger partial charge in [0.1, 0.15) is 0 Å². The second-order valence-electron chi connectivity index (χ2n) is 9.96. The molecule has 0 N–H and O–H groups in total. The largest absolute Gasteiger partial charge is 0.420 e. The van der Waals surface area contributed by atoms with Gasteiger partial charge in [-0.25, -0.2) is 0 Å². The van der Waals surface area contributed by atoms with Crippen molar-refractivity contribution in [2.75, 3.05) is 13.2 Å². The number of hydrogen-bond acceptors (Lipinski definition) is 3. The Morgan fingerprint density at radius 1 is 1.10 bits per heavy atom. The lowest BCUT2D eigenvalue weighted by Gasteiger charge is -2.50. The lowest BCUT2D eigenvalue weighted by atomic mass is 9.80. The van der Waals surface area contributed by atoms with Crippen molar-refractivity contribution in [1.29, 1.82) is 0 Å². The molecule has 0 saturated carbocycles. The van der Waals surface area contributed by atoms with Crippen LogP contribution in [0.5, 0.6) is 0 Å². The Bertz CT molecular complexity index is 717. The minimum atomic E-state index is -2.00. The molecular weight excluding hydrogens is 421 g/mol. The highest BCUT2D eigenvalue weighted by molar-refractivity contribution is 6.88. The standard InChI is InChI=1S/C24H40O3Si3/c1-4-30(20-29-17-10-8-15-26-29)18-13-21(2)24(3,27-30)23-12-6-5-11-22(23)19-28-16-9-7-14-25-28/h4-6,11-12,21,28-29H,1,7-10,13-20H2,2-3H3. The molecule has 4 rings (SSSR count). The van der Waals surface area contributed by atoms with E-state index in [9.17, 15) is 0 Å². The highest BCUT2D eigenvalue weighted by Crippen LogP contribution is 2.47. The maximum atomic E-state index is 7.29. The van der Waals surface area contributed by atoms with Crippen molar-refractivity contribution in [3.05, 3.63) is 47.7 Å². The van der Waals surface area contributed by atoms with E-state index in [1.165, 1.54) is 67.0 Å². The summed E-state index contributed by atoms with van der Waals surface area (Å²) in [4.78, 5) is 0. The first-order valence-corrected chi connectivity index (χ1v) is 18.8. The molecule has 5 unspecified atom stereocenters. The highest BCUT2D eigenvalue weighted by atomic mass is 28.4. The molecule has 0 amide bonds. The molecule has 166 valence electrons. The van der Waals surface area contributed by atoms with E-state index in [0.29, 0.717) is 5.92 Å². The zero-order valence-electron chi connectivity index (χ0n) is 19.0. The molecule has 3 fully saturated rings. The third kappa shape index (κ3) is 4.94. The summed E-state index contributed by atoms with van der Waals surface area (Å²) in [5.74, 6) is 0.516. The summed E-state index contributed by atoms with van der Waals surface area (Å²) in [6.45, 7) is 11.0. The minimum Gasteiger partial charge on any atom is -0.420 e. The molecule has 1 aromatic rings. The van der Waals surface area contributed by atoms with E-state index in [0.717, 1.165) is 19.3 Å². The first-order valence-electron chi connectivity index (χ1n) is 12.2. The summed E-state index contributed by atoms with van der Waals surface area (Å²) in [5, 5.41) is 0. The van der Waals surface area contributed by atoms with Gasteiger partial charge < -0.3 is 13.3 Å². The quantitative estimate of drug-likeness (QED) is 0.538. The summed E-state index contributed by atoms with van der Waals surface area (Å²) in [7, 11) is -4.28. The van der Waals surface area contributed by atoms with E-state index in [4.69, 9.17) is 13.3 Å². The van der Waals surface area contributed by atoms with E-state index >= 15 is 0 Å². The number of rotatable bonds is 6. The second-order valence-corrected chi connectivity index (χ2v) is 19.6. The predicted molar refractivity (Wildman–Crippen MR) is 132 cm³/mol. The summed E-state index contributed by atoms with van der Waals surface area (Å²) < 4.78 is 19.8. The molecule has 6 heteroatoms. The van der Waals surface area contributed by atoms with Crippen LogP contribution in [0.3, 0.4) is 0 Å². The SMILES string of the molecule is C=C[Si]1(C[SiH]2CCCCO2)CCC(C)C(C)(c2ccccc2C[SiH]2CCCCO2)O1. The van der Waals surface area contributed by atoms with Gasteiger partial charge in [0, 0.05) is 13.2 Å². The highest BCUT2D eigenvalue weighted by Gasteiger charge is 2.50. The minimum absolute atomic E-state index is 0.221. The molecule has 0 radical (unpaired) electrons. The molecule has 3 nitrogen and oxygen atoms in total. The van der Waals surface area contributed by atoms with Crippen LogP contribution in [-0.2, 0) is 24.9 Å². The summed E-state index contributed by atoms with van der Waals surface area (Å²) >= 11 is 0. The van der Waals surface area contributed by atoms with Crippen molar-refractivity contribution in [2.24, 2.45) is 5.92 Å². The molecule has 3 aliphatic heterocycles. The fourth-order valence-electron chi connectivity index (χ4n) is 5.75. The molecule has 0 bridgehead atoms. The van der Waals surface area contributed by atoms with Crippen molar-refractivity contribution in [3.8, 4) is 0 Å². The molecule has 5 atom stereocenters. The average Bonchev–Trinajstić information content (AvgIpc) is 2.78. The lowest BCUT2D eigenvalue weighted by Crippen LogP contribution is -2.54. The van der Waals surface area contributed by atoms with Crippen molar-refractivity contribution >= 4 is 26.4 Å². The van der Waals surface area contributed by atoms with E-state index < -0.39 is 26.4 Å². The maximum Gasteiger partial charge on any atom is 0.217 e. The summed E-state index contributed by atoms with van der Waals surface area (Å²) in [6, 6.07) is 14.1. The Hall–Kier alpha value is -0.509. The third-order valence-corrected chi connectivity index (χ3v) is 19.6. The van der Waals surface area contributed by atoms with Crippen LogP contribution in [-0.4, -0.2) is 39.6 Å². The summed E-state index contributed by atoms with van der Waals surface area (Å²) in [5.41, 5.74) is 6.14. The average molecular weight is 461 g/mol. The monoisotopic (exact) mass is 460 g/mol. The van der Waals surface area contributed by atoms with Gasteiger partial charge in [-0.1, -0.05) is 49.7 Å². The van der Waals surface area contributed by atoms with E-state index in [-0.39, 0.29) is 5.60 Å². The van der Waals surface area contributed by atoms with Crippen molar-refractivity contribution < 1.29 is 13.3 Å². The van der Waals surface area contributed by atoms with Gasteiger partial charge in [-0.15, -0.1) is 6.58 Å². The van der Waals surface area contributed by atoms with Crippen molar-refractivity contribution in [1.82, 2.24) is 0 Å². The molecule has 3 heterocycles. The zero-order chi connectivity index (χ0) is 21.0. The van der Waals surface area contributed by atoms with Gasteiger partial charge in [-0.2, -0.15) is 0 Å². The normalized spacial score (nSPS) is 37.6. The number of hydrogen-bond donors (Lipinski definition) is 0. The van der Waals surface area contributed by atoms with Gasteiger partial charge in [0.05, 0.1) is 5.60 Å². The van der Waals surface area contributed by atoms with Crippen LogP contribution in [0.15, 0.2) is 36.5 Å². The van der Waals surface area contributed by atoms with E-state index in [1.807, 2.05) is 0 Å². The lowest BCUT2D eigenvalue weighted by molar-refractivity contribution is 0.000718. The van der Waals surface area contributed by atoms with E-state index in [1.54, 1.807) is 0 Å². The van der Waals surface area contributed by atoms with E-state index in [2.05, 4.69) is 50.4 Å². The van der Waals surface area contributed by atoms with Crippen LogP contribution in [0, 0.1) is 5.92 Å². The first-order chi connectivity index (χ1) is 14.5. The maximum absolute atomic E-state index is 7.29. The summed E-state index contributed by atoms with van der Waals surface area (Å²) in [6.07, 6.45) is 6.41. The molecule has 1 aromatic carbocycles. The molecule has 3 aliphatic rings. The Balaban J connectivity index is 1.59. The third-order valence-electron chi connectivity index (χ3n) is 7.85. The van der Waals surface area contributed by atoms with Crippen molar-refractivity contribution in [3.63, 3.8) is 0 Å². The Morgan fingerprint density at radius 3 is 2.47 bits per heavy atom. The van der Waals surface area contributed by atoms with Crippen LogP contribution in [0.1, 0.15) is 57.1 Å². The molecule has 0 spiro atoms. The van der Waals surface area contributed by atoms with Gasteiger partial charge in [-0.3, -0.25) is 0 Å². The van der Waals surface area contributed by atoms with Crippen LogP contribution in [0.25, 0.3) is 0 Å². The molecule has 0 aliphatic carbocycles. The smallest absolute Gasteiger partial charge is 0.217 e. The predicted octanol–water partition coefficient (Wildman–Crippen LogP) is 5.32. The first kappa shape index (κ1) is 22.7. The fourth-order valence-corrected chi connectivity index (χ4v) is 18.4. The van der Waals surface area contributed by atoms with Gasteiger partial charge in [0.25, 0.3) is 0 Å². The Labute approximate surface area is 187 Å². The van der Waals surface area contributed by atoms with Gasteiger partial charge in [-0.05, 0) is 73.1 Å². The Kier molecular flexibility index (Phi) is 7.53. The Morgan fingerprint density at radius 2 is 1.80 bits per heavy atom. The molecule has 30 heavy (non-hydrogen) atoms. The van der Waals surface area contributed by atoms with Crippen LogP contribution in [0.2, 0.25) is 23.8 Å². The van der Waals surface area contributed by atoms with Crippen LogP contribution < -0.4 is 0 Å². The second kappa shape index (κ2) is 9.96. The van der Waals surface area contributed by atoms with Crippen LogP contribution >= 0.6 is 0 Å². The fraction of sp³-hybridized carbons (Fsp3) is 0.667. The van der Waals surface area contributed by atoms with Gasteiger partial charge in [0.15, 0.2) is 18.1 Å². The van der Waals surface area contributed by atoms with Crippen LogP contribution in [0.4, 0.5) is 0 Å². The topological polar surface area (TPSA) is 27.7 Å². The molecule has 3 saturated heterocycles. The van der Waals surface area contributed by atoms with Gasteiger partial charge in [0.2, 0.25) is 8.32 Å². The number of benzene rings is 1. The van der Waals surface area contributed by atoms with Crippen molar-refractivity contribution in [2.45, 2.75) is 81.4 Å².